The zero-order valence-electron chi connectivity index (χ0n) is 23.6. The van der Waals surface area contributed by atoms with Crippen molar-refractivity contribution in [3.63, 3.8) is 0 Å². The van der Waals surface area contributed by atoms with E-state index in [0.717, 1.165) is 70.8 Å². The SMILES string of the molecule is CC1(N2CCN(c3ccncc3NC(=O)c3c(N)nn4c3NCC(F)C43CCCCCCCCC3)CC2)COC1. The fourth-order valence-electron chi connectivity index (χ4n) is 7.06. The molecule has 1 spiro atoms. The van der Waals surface area contributed by atoms with Crippen LogP contribution in [-0.2, 0) is 10.3 Å². The Morgan fingerprint density at radius 2 is 1.77 bits per heavy atom. The molecule has 1 atom stereocenters. The topological polar surface area (TPSA) is 114 Å². The quantitative estimate of drug-likeness (QED) is 0.520. The molecule has 11 heteroatoms. The molecule has 0 radical (unpaired) electrons. The molecule has 3 fully saturated rings. The number of ether oxygens (including phenoxy) is 1. The van der Waals surface area contributed by atoms with Gasteiger partial charge >= 0.3 is 0 Å². The van der Waals surface area contributed by atoms with Gasteiger partial charge in [-0.3, -0.25) is 14.7 Å². The Morgan fingerprint density at radius 3 is 2.42 bits per heavy atom. The predicted molar refractivity (Wildman–Crippen MR) is 155 cm³/mol. The van der Waals surface area contributed by atoms with Crippen LogP contribution >= 0.6 is 0 Å². The van der Waals surface area contributed by atoms with Crippen molar-refractivity contribution in [3.8, 4) is 0 Å². The molecule has 1 aliphatic carbocycles. The summed E-state index contributed by atoms with van der Waals surface area (Å²) in [6.07, 6.45) is 11.4. The average Bonchev–Trinajstić information content (AvgIpc) is 3.30. The Kier molecular flexibility index (Phi) is 7.60. The fourth-order valence-corrected chi connectivity index (χ4v) is 7.06. The maximum atomic E-state index is 15.7. The van der Waals surface area contributed by atoms with E-state index in [2.05, 4.69) is 37.4 Å². The van der Waals surface area contributed by atoms with E-state index >= 15 is 4.39 Å². The second-order valence-corrected chi connectivity index (χ2v) is 12.3. The summed E-state index contributed by atoms with van der Waals surface area (Å²) in [7, 11) is 0. The summed E-state index contributed by atoms with van der Waals surface area (Å²) in [6.45, 7) is 7.50. The number of piperazine rings is 1. The van der Waals surface area contributed by atoms with Gasteiger partial charge in [0.1, 0.15) is 17.6 Å². The van der Waals surface area contributed by atoms with Gasteiger partial charge in [-0.2, -0.15) is 5.10 Å². The second-order valence-electron chi connectivity index (χ2n) is 12.3. The van der Waals surface area contributed by atoms with Crippen LogP contribution in [0.25, 0.3) is 0 Å². The molecule has 0 aromatic carbocycles. The first-order chi connectivity index (χ1) is 19.4. The summed E-state index contributed by atoms with van der Waals surface area (Å²) in [5.74, 6) is 0.294. The van der Waals surface area contributed by atoms with Crippen LogP contribution in [0.5, 0.6) is 0 Å². The van der Waals surface area contributed by atoms with Crippen molar-refractivity contribution in [1.82, 2.24) is 19.7 Å². The Morgan fingerprint density at radius 1 is 1.10 bits per heavy atom. The Bertz CT molecular complexity index is 1200. The molecule has 4 aliphatic rings. The molecule has 218 valence electrons. The van der Waals surface area contributed by atoms with Crippen LogP contribution in [0, 0.1) is 0 Å². The molecule has 2 aromatic rings. The number of nitrogens with two attached hydrogens (primary N) is 1. The third-order valence-electron chi connectivity index (χ3n) is 9.57. The van der Waals surface area contributed by atoms with Crippen LogP contribution < -0.4 is 21.3 Å². The Balaban J connectivity index is 1.23. The molecular formula is C29H43FN8O2. The van der Waals surface area contributed by atoms with Gasteiger partial charge in [0.05, 0.1) is 41.9 Å². The number of nitrogens with one attached hydrogen (secondary N) is 2. The van der Waals surface area contributed by atoms with E-state index in [1.54, 1.807) is 17.1 Å². The molecule has 4 N–H and O–H groups in total. The van der Waals surface area contributed by atoms with Crippen molar-refractivity contribution in [2.75, 3.05) is 67.2 Å². The van der Waals surface area contributed by atoms with Gasteiger partial charge in [-0.1, -0.05) is 44.9 Å². The first kappa shape index (κ1) is 27.3. The highest BCUT2D eigenvalue weighted by molar-refractivity contribution is 6.12. The maximum Gasteiger partial charge on any atom is 0.263 e. The first-order valence-electron chi connectivity index (χ1n) is 15.0. The number of hydrogen-bond donors (Lipinski definition) is 3. The second kappa shape index (κ2) is 11.2. The third-order valence-corrected chi connectivity index (χ3v) is 9.57. The number of aromatic nitrogens is 3. The van der Waals surface area contributed by atoms with E-state index in [1.807, 2.05) is 6.07 Å². The first-order valence-corrected chi connectivity index (χ1v) is 15.0. The van der Waals surface area contributed by atoms with Gasteiger partial charge < -0.3 is 26.0 Å². The summed E-state index contributed by atoms with van der Waals surface area (Å²) < 4.78 is 22.9. The van der Waals surface area contributed by atoms with Crippen LogP contribution in [0.1, 0.15) is 75.1 Å². The largest absolute Gasteiger partial charge is 0.381 e. The molecule has 1 amide bonds. The predicted octanol–water partition coefficient (Wildman–Crippen LogP) is 4.01. The highest BCUT2D eigenvalue weighted by Gasteiger charge is 2.47. The number of alkyl halides is 1. The van der Waals surface area contributed by atoms with Crippen molar-refractivity contribution >= 4 is 28.9 Å². The lowest BCUT2D eigenvalue weighted by molar-refractivity contribution is -0.131. The maximum absolute atomic E-state index is 15.7. The van der Waals surface area contributed by atoms with Crippen LogP contribution in [0.4, 0.5) is 27.4 Å². The number of nitrogen functional groups attached to an aromatic ring is 1. The molecule has 2 saturated heterocycles. The average molecular weight is 555 g/mol. The number of halogens is 1. The van der Waals surface area contributed by atoms with Gasteiger partial charge in [0, 0.05) is 38.9 Å². The number of fused-ring (bicyclic) bond motifs is 2. The number of amides is 1. The van der Waals surface area contributed by atoms with E-state index in [1.165, 1.54) is 19.3 Å². The number of anilines is 4. The highest BCUT2D eigenvalue weighted by atomic mass is 19.1. The van der Waals surface area contributed by atoms with E-state index in [9.17, 15) is 4.79 Å². The lowest BCUT2D eigenvalue weighted by Crippen LogP contribution is -2.64. The monoisotopic (exact) mass is 554 g/mol. The number of hydrogen-bond acceptors (Lipinski definition) is 8. The molecule has 1 unspecified atom stereocenters. The Labute approximate surface area is 235 Å². The molecule has 2 aromatic heterocycles. The minimum atomic E-state index is -1.09. The zero-order chi connectivity index (χ0) is 27.7. The molecule has 40 heavy (non-hydrogen) atoms. The zero-order valence-corrected chi connectivity index (χ0v) is 23.6. The molecule has 10 nitrogen and oxygen atoms in total. The van der Waals surface area contributed by atoms with Gasteiger partial charge in [0.25, 0.3) is 5.91 Å². The number of carbonyl (C=O) groups is 1. The highest BCUT2D eigenvalue weighted by Crippen LogP contribution is 2.43. The molecule has 3 aliphatic heterocycles. The van der Waals surface area contributed by atoms with Crippen molar-refractivity contribution in [2.45, 2.75) is 82.0 Å². The number of rotatable bonds is 4. The minimum Gasteiger partial charge on any atom is -0.381 e. The van der Waals surface area contributed by atoms with Gasteiger partial charge in [-0.25, -0.2) is 9.07 Å². The molecular weight excluding hydrogens is 511 g/mol. The minimum absolute atomic E-state index is 0.123. The standard InChI is InChI=1S/C29H43FN8O2/c1-28(19-40-20-28)37-15-13-36(14-16-37)22-9-12-32-17-21(22)34-27(39)24-25(31)35-38-26(24)33-18-23(30)29(38)10-7-5-3-2-4-6-8-11-29/h9,12,17,23,33H,2-8,10-11,13-16,18-20H2,1H3,(H2,31,35)(H,34,39). The number of pyridine rings is 1. The van der Waals surface area contributed by atoms with E-state index < -0.39 is 11.7 Å². The van der Waals surface area contributed by atoms with E-state index in [4.69, 9.17) is 10.5 Å². The molecule has 0 bridgehead atoms. The lowest BCUT2D eigenvalue weighted by Gasteiger charge is -2.50. The summed E-state index contributed by atoms with van der Waals surface area (Å²) in [6, 6.07) is 1.94. The number of carbonyl (C=O) groups excluding carboxylic acids is 1. The Hall–Kier alpha value is -2.92. The summed E-state index contributed by atoms with van der Waals surface area (Å²) in [5.41, 5.74) is 7.58. The van der Waals surface area contributed by atoms with Gasteiger partial charge in [0.2, 0.25) is 0 Å². The smallest absolute Gasteiger partial charge is 0.263 e. The summed E-state index contributed by atoms with van der Waals surface area (Å²) in [4.78, 5) is 22.8. The third kappa shape index (κ3) is 4.91. The van der Waals surface area contributed by atoms with E-state index in [0.29, 0.717) is 24.3 Å². The van der Waals surface area contributed by atoms with Crippen LogP contribution in [-0.4, -0.2) is 83.2 Å². The van der Waals surface area contributed by atoms with Crippen molar-refractivity contribution in [2.24, 2.45) is 0 Å². The normalized spacial score (nSPS) is 24.9. The summed E-state index contributed by atoms with van der Waals surface area (Å²) in [5, 5.41) is 10.8. The van der Waals surface area contributed by atoms with Gasteiger partial charge in [0.15, 0.2) is 5.82 Å². The molecule has 1 saturated carbocycles. The van der Waals surface area contributed by atoms with Crippen molar-refractivity contribution < 1.29 is 13.9 Å². The number of nitrogens with zero attached hydrogens (tertiary/aromatic N) is 5. The van der Waals surface area contributed by atoms with Crippen molar-refractivity contribution in [3.05, 3.63) is 24.0 Å². The van der Waals surface area contributed by atoms with E-state index in [-0.39, 0.29) is 29.4 Å². The van der Waals surface area contributed by atoms with Crippen LogP contribution in [0.15, 0.2) is 18.5 Å². The lowest BCUT2D eigenvalue weighted by atomic mass is 9.80. The van der Waals surface area contributed by atoms with Gasteiger partial charge in [-0.05, 0) is 25.8 Å². The van der Waals surface area contributed by atoms with Crippen LogP contribution in [0.2, 0.25) is 0 Å². The molecule has 5 heterocycles. The summed E-state index contributed by atoms with van der Waals surface area (Å²) >= 11 is 0. The van der Waals surface area contributed by atoms with Crippen LogP contribution in [0.3, 0.4) is 0 Å². The molecule has 6 rings (SSSR count). The fraction of sp³-hybridized carbons (Fsp3) is 0.690. The van der Waals surface area contributed by atoms with Crippen molar-refractivity contribution in [1.29, 1.82) is 0 Å². The van der Waals surface area contributed by atoms with Gasteiger partial charge in [-0.15, -0.1) is 0 Å².